The van der Waals surface area contributed by atoms with Crippen molar-refractivity contribution in [3.8, 4) is 5.75 Å². The summed E-state index contributed by atoms with van der Waals surface area (Å²) in [6.45, 7) is 1.98. The number of rotatable bonds is 4. The summed E-state index contributed by atoms with van der Waals surface area (Å²) in [5.74, 6) is 0.206. The fraction of sp³-hybridized carbons (Fsp3) is 0.200. The number of nitrogens with one attached hydrogen (secondary N) is 1. The summed E-state index contributed by atoms with van der Waals surface area (Å²) >= 11 is 0. The maximum atomic E-state index is 9.48. The molecule has 1 atom stereocenters. The molecule has 0 spiro atoms. The number of para-hydroxylation sites is 1. The zero-order chi connectivity index (χ0) is 13.0. The van der Waals surface area contributed by atoms with Gasteiger partial charge in [-0.05, 0) is 36.2 Å². The van der Waals surface area contributed by atoms with E-state index in [0.29, 0.717) is 0 Å². The van der Waals surface area contributed by atoms with Crippen molar-refractivity contribution in [3.05, 3.63) is 59.7 Å². The molecule has 0 bridgehead atoms. The van der Waals surface area contributed by atoms with Gasteiger partial charge in [0.2, 0.25) is 0 Å². The van der Waals surface area contributed by atoms with Gasteiger partial charge in [0.15, 0.2) is 0 Å². The van der Waals surface area contributed by atoms with Gasteiger partial charge >= 0.3 is 0 Å². The van der Waals surface area contributed by atoms with E-state index in [-0.39, 0.29) is 18.4 Å². The lowest BCUT2D eigenvalue weighted by Gasteiger charge is -2.19. The zero-order valence-electron chi connectivity index (χ0n) is 10.3. The molecule has 2 aromatic rings. The molecule has 2 aromatic carbocycles. The Labute approximate surface area is 107 Å². The maximum Gasteiger partial charge on any atom is 0.115 e. The number of phenols is 1. The predicted octanol–water partition coefficient (Wildman–Crippen LogP) is 2.85. The van der Waals surface area contributed by atoms with E-state index >= 15 is 0 Å². The first kappa shape index (κ1) is 12.5. The highest BCUT2D eigenvalue weighted by atomic mass is 16.3. The molecule has 94 valence electrons. The first-order valence-corrected chi connectivity index (χ1v) is 5.92. The van der Waals surface area contributed by atoms with Crippen LogP contribution >= 0.6 is 0 Å². The Balaban J connectivity index is 2.23. The van der Waals surface area contributed by atoms with Gasteiger partial charge in [0.05, 0.1) is 12.6 Å². The van der Waals surface area contributed by atoms with E-state index in [1.54, 1.807) is 18.2 Å². The number of anilines is 1. The molecule has 0 saturated heterocycles. The summed E-state index contributed by atoms with van der Waals surface area (Å²) in [6, 6.07) is 14.6. The van der Waals surface area contributed by atoms with Crippen molar-refractivity contribution in [3.63, 3.8) is 0 Å². The molecule has 0 aliphatic carbocycles. The zero-order valence-corrected chi connectivity index (χ0v) is 10.3. The average molecular weight is 243 g/mol. The Morgan fingerprint density at radius 3 is 2.56 bits per heavy atom. The molecule has 3 heteroatoms. The minimum Gasteiger partial charge on any atom is -0.508 e. The van der Waals surface area contributed by atoms with Crippen LogP contribution in [0, 0.1) is 6.92 Å². The van der Waals surface area contributed by atoms with Crippen LogP contribution in [0.2, 0.25) is 0 Å². The van der Waals surface area contributed by atoms with Gasteiger partial charge in [-0.15, -0.1) is 0 Å². The number of hydrogen-bond donors (Lipinski definition) is 3. The van der Waals surface area contributed by atoms with Crippen LogP contribution in [-0.2, 0) is 0 Å². The normalized spacial score (nSPS) is 12.1. The lowest BCUT2D eigenvalue weighted by atomic mass is 10.1. The minimum atomic E-state index is -0.224. The van der Waals surface area contributed by atoms with Crippen LogP contribution in [0.15, 0.2) is 48.5 Å². The van der Waals surface area contributed by atoms with Crippen LogP contribution in [0.5, 0.6) is 5.75 Å². The van der Waals surface area contributed by atoms with Gasteiger partial charge in [-0.25, -0.2) is 0 Å². The molecule has 1 unspecified atom stereocenters. The summed E-state index contributed by atoms with van der Waals surface area (Å²) in [5.41, 5.74) is 2.97. The van der Waals surface area contributed by atoms with Crippen molar-refractivity contribution in [1.29, 1.82) is 0 Å². The van der Waals surface area contributed by atoms with Crippen molar-refractivity contribution in [1.82, 2.24) is 0 Å². The van der Waals surface area contributed by atoms with E-state index in [1.807, 2.05) is 37.3 Å². The molecule has 0 aliphatic heterocycles. The summed E-state index contributed by atoms with van der Waals surface area (Å²) in [5, 5.41) is 22.2. The van der Waals surface area contributed by atoms with E-state index < -0.39 is 0 Å². The van der Waals surface area contributed by atoms with E-state index in [0.717, 1.165) is 16.8 Å². The molecule has 0 amide bonds. The van der Waals surface area contributed by atoms with Crippen LogP contribution < -0.4 is 5.32 Å². The fourth-order valence-electron chi connectivity index (χ4n) is 1.90. The Morgan fingerprint density at radius 2 is 1.89 bits per heavy atom. The number of benzene rings is 2. The van der Waals surface area contributed by atoms with Crippen molar-refractivity contribution in [2.75, 3.05) is 11.9 Å². The molecule has 0 aromatic heterocycles. The maximum absolute atomic E-state index is 9.48. The summed E-state index contributed by atoms with van der Waals surface area (Å²) in [4.78, 5) is 0. The Kier molecular flexibility index (Phi) is 3.85. The van der Waals surface area contributed by atoms with Gasteiger partial charge in [0.25, 0.3) is 0 Å². The topological polar surface area (TPSA) is 52.5 Å². The van der Waals surface area contributed by atoms with Crippen molar-refractivity contribution < 1.29 is 10.2 Å². The van der Waals surface area contributed by atoms with Gasteiger partial charge in [0.1, 0.15) is 5.75 Å². The van der Waals surface area contributed by atoms with Crippen LogP contribution in [0.25, 0.3) is 0 Å². The lowest BCUT2D eigenvalue weighted by Crippen LogP contribution is -2.15. The molecular weight excluding hydrogens is 226 g/mol. The summed E-state index contributed by atoms with van der Waals surface area (Å²) in [7, 11) is 0. The minimum absolute atomic E-state index is 0.0300. The van der Waals surface area contributed by atoms with Gasteiger partial charge in [-0.2, -0.15) is 0 Å². The van der Waals surface area contributed by atoms with Gasteiger partial charge < -0.3 is 15.5 Å². The smallest absolute Gasteiger partial charge is 0.115 e. The van der Waals surface area contributed by atoms with E-state index in [9.17, 15) is 10.2 Å². The van der Waals surface area contributed by atoms with Gasteiger partial charge in [-0.3, -0.25) is 0 Å². The molecule has 0 heterocycles. The molecule has 0 saturated carbocycles. The third-order valence-corrected chi connectivity index (χ3v) is 2.93. The van der Waals surface area contributed by atoms with Crippen molar-refractivity contribution >= 4 is 5.69 Å². The summed E-state index contributed by atoms with van der Waals surface area (Å²) < 4.78 is 0. The second-order valence-corrected chi connectivity index (χ2v) is 4.29. The number of aromatic hydroxyl groups is 1. The largest absolute Gasteiger partial charge is 0.508 e. The quantitative estimate of drug-likeness (QED) is 0.774. The number of aryl methyl sites for hydroxylation is 1. The molecule has 3 nitrogen and oxygen atoms in total. The highest BCUT2D eigenvalue weighted by Gasteiger charge is 2.11. The first-order valence-electron chi connectivity index (χ1n) is 5.92. The molecule has 3 N–H and O–H groups in total. The standard InChI is InChI=1S/C15H17NO2/c1-11-5-2-3-8-14(11)16-15(10-17)12-6-4-7-13(18)9-12/h2-9,15-18H,10H2,1H3. The molecule has 18 heavy (non-hydrogen) atoms. The molecule has 2 rings (SSSR count). The number of aliphatic hydroxyl groups is 1. The second kappa shape index (κ2) is 5.56. The molecule has 0 radical (unpaired) electrons. The van der Waals surface area contributed by atoms with E-state index in [1.165, 1.54) is 0 Å². The summed E-state index contributed by atoms with van der Waals surface area (Å²) in [6.07, 6.45) is 0. The highest BCUT2D eigenvalue weighted by molar-refractivity contribution is 5.52. The van der Waals surface area contributed by atoms with E-state index in [4.69, 9.17) is 0 Å². The number of aliphatic hydroxyl groups excluding tert-OH is 1. The average Bonchev–Trinajstić information content (AvgIpc) is 2.38. The highest BCUT2D eigenvalue weighted by Crippen LogP contribution is 2.24. The Bertz CT molecular complexity index is 525. The number of phenolic OH excluding ortho intramolecular Hbond substituents is 1. The van der Waals surface area contributed by atoms with Gasteiger partial charge in [0, 0.05) is 5.69 Å². The third kappa shape index (κ3) is 2.81. The van der Waals surface area contributed by atoms with E-state index in [2.05, 4.69) is 5.32 Å². The van der Waals surface area contributed by atoms with Crippen LogP contribution in [-0.4, -0.2) is 16.8 Å². The third-order valence-electron chi connectivity index (χ3n) is 2.93. The van der Waals surface area contributed by atoms with Crippen LogP contribution in [0.1, 0.15) is 17.2 Å². The van der Waals surface area contributed by atoms with Crippen molar-refractivity contribution in [2.45, 2.75) is 13.0 Å². The fourth-order valence-corrected chi connectivity index (χ4v) is 1.90. The van der Waals surface area contributed by atoms with Crippen LogP contribution in [0.3, 0.4) is 0 Å². The Morgan fingerprint density at radius 1 is 1.11 bits per heavy atom. The van der Waals surface area contributed by atoms with Gasteiger partial charge in [-0.1, -0.05) is 30.3 Å². The van der Waals surface area contributed by atoms with Crippen LogP contribution in [0.4, 0.5) is 5.69 Å². The lowest BCUT2D eigenvalue weighted by molar-refractivity contribution is 0.276. The first-order chi connectivity index (χ1) is 8.70. The number of hydrogen-bond acceptors (Lipinski definition) is 3. The molecular formula is C15H17NO2. The molecule has 0 fully saturated rings. The SMILES string of the molecule is Cc1ccccc1NC(CO)c1cccc(O)c1. The Hall–Kier alpha value is -2.00. The second-order valence-electron chi connectivity index (χ2n) is 4.29. The molecule has 0 aliphatic rings. The monoisotopic (exact) mass is 243 g/mol. The predicted molar refractivity (Wildman–Crippen MR) is 72.7 cm³/mol. The van der Waals surface area contributed by atoms with Crippen molar-refractivity contribution in [2.24, 2.45) is 0 Å².